The molecule has 0 radical (unpaired) electrons. The van der Waals surface area contributed by atoms with E-state index in [1.807, 2.05) is 7.05 Å². The van der Waals surface area contributed by atoms with Crippen LogP contribution in [0, 0.1) is 18.8 Å². The number of hydrogen-bond donors (Lipinski definition) is 1. The van der Waals surface area contributed by atoms with Crippen molar-refractivity contribution in [3.05, 3.63) is 23.4 Å². The van der Waals surface area contributed by atoms with Crippen LogP contribution in [0.15, 0.2) is 12.1 Å². The molecule has 1 aromatic rings. The number of nitrogens with one attached hydrogen (secondary N) is 1. The van der Waals surface area contributed by atoms with Gasteiger partial charge in [-0.2, -0.15) is 0 Å². The van der Waals surface area contributed by atoms with Crippen LogP contribution in [-0.4, -0.2) is 25.1 Å². The lowest BCUT2D eigenvalue weighted by molar-refractivity contribution is 0.310. The van der Waals surface area contributed by atoms with Crippen molar-refractivity contribution in [3.8, 4) is 0 Å². The Hall–Kier alpha value is -1.09. The lowest BCUT2D eigenvalue weighted by Crippen LogP contribution is -2.35. The normalized spacial score (nSPS) is 17.2. The van der Waals surface area contributed by atoms with Gasteiger partial charge >= 0.3 is 0 Å². The number of aryl methyl sites for hydroxylation is 1. The van der Waals surface area contributed by atoms with Gasteiger partial charge in [-0.1, -0.05) is 19.9 Å². The van der Waals surface area contributed by atoms with Gasteiger partial charge in [0.25, 0.3) is 0 Å². The maximum absolute atomic E-state index is 4.77. The van der Waals surface area contributed by atoms with Crippen molar-refractivity contribution in [2.75, 3.05) is 25.0 Å². The van der Waals surface area contributed by atoms with E-state index in [-0.39, 0.29) is 0 Å². The number of nitrogens with zero attached hydrogens (tertiary/aromatic N) is 2. The van der Waals surface area contributed by atoms with E-state index < -0.39 is 0 Å². The number of rotatable bonds is 4. The average molecular weight is 261 g/mol. The molecular weight excluding hydrogens is 234 g/mol. The smallest absolute Gasteiger partial charge is 0.128 e. The van der Waals surface area contributed by atoms with Crippen LogP contribution >= 0.6 is 0 Å². The molecule has 0 aliphatic carbocycles. The summed E-state index contributed by atoms with van der Waals surface area (Å²) in [6.45, 7) is 10.00. The summed E-state index contributed by atoms with van der Waals surface area (Å²) in [7, 11) is 1.98. The summed E-state index contributed by atoms with van der Waals surface area (Å²) in [5, 5.41) is 3.19. The van der Waals surface area contributed by atoms with Crippen molar-refractivity contribution in [3.63, 3.8) is 0 Å². The molecule has 2 heterocycles. The van der Waals surface area contributed by atoms with Crippen LogP contribution in [0.5, 0.6) is 0 Å². The van der Waals surface area contributed by atoms with Crippen LogP contribution < -0.4 is 10.2 Å². The number of piperidine rings is 1. The Balaban J connectivity index is 2.01. The quantitative estimate of drug-likeness (QED) is 0.903. The van der Waals surface area contributed by atoms with Crippen molar-refractivity contribution in [2.24, 2.45) is 11.8 Å². The average Bonchev–Trinajstić information content (AvgIpc) is 2.41. The van der Waals surface area contributed by atoms with E-state index >= 15 is 0 Å². The Morgan fingerprint density at radius 1 is 1.32 bits per heavy atom. The van der Waals surface area contributed by atoms with E-state index in [1.54, 1.807) is 0 Å². The minimum Gasteiger partial charge on any atom is -0.357 e. The first-order chi connectivity index (χ1) is 9.11. The topological polar surface area (TPSA) is 28.2 Å². The molecule has 3 nitrogen and oxygen atoms in total. The molecule has 2 rings (SSSR count). The van der Waals surface area contributed by atoms with Crippen molar-refractivity contribution >= 4 is 5.82 Å². The Morgan fingerprint density at radius 2 is 2.00 bits per heavy atom. The Morgan fingerprint density at radius 3 is 2.53 bits per heavy atom. The molecule has 19 heavy (non-hydrogen) atoms. The summed E-state index contributed by atoms with van der Waals surface area (Å²) < 4.78 is 0. The standard InChI is InChI=1S/C16H27N3/c1-12(2)14-7-9-19(10-8-14)16-6-5-15(11-17-4)13(3)18-16/h5-6,12,14,17H,7-11H2,1-4H3. The number of aromatic nitrogens is 1. The zero-order valence-corrected chi connectivity index (χ0v) is 12.7. The SMILES string of the molecule is CNCc1ccc(N2CCC(C(C)C)CC2)nc1C. The highest BCUT2D eigenvalue weighted by Crippen LogP contribution is 2.27. The largest absolute Gasteiger partial charge is 0.357 e. The van der Waals surface area contributed by atoms with Crippen LogP contribution in [0.25, 0.3) is 0 Å². The van der Waals surface area contributed by atoms with Crippen molar-refractivity contribution in [2.45, 2.75) is 40.2 Å². The third-order valence-corrected chi connectivity index (χ3v) is 4.35. The fourth-order valence-corrected chi connectivity index (χ4v) is 2.93. The van der Waals surface area contributed by atoms with Gasteiger partial charge < -0.3 is 10.2 Å². The first-order valence-electron chi connectivity index (χ1n) is 7.48. The van der Waals surface area contributed by atoms with Gasteiger partial charge in [0.15, 0.2) is 0 Å². The zero-order valence-electron chi connectivity index (χ0n) is 12.7. The van der Waals surface area contributed by atoms with E-state index in [1.165, 1.54) is 18.4 Å². The monoisotopic (exact) mass is 261 g/mol. The van der Waals surface area contributed by atoms with Gasteiger partial charge in [-0.05, 0) is 50.3 Å². The first kappa shape index (κ1) is 14.3. The molecule has 1 N–H and O–H groups in total. The molecular formula is C16H27N3. The molecule has 106 valence electrons. The predicted molar refractivity (Wildman–Crippen MR) is 81.5 cm³/mol. The van der Waals surface area contributed by atoms with Crippen molar-refractivity contribution in [1.82, 2.24) is 10.3 Å². The molecule has 0 unspecified atom stereocenters. The Bertz CT molecular complexity index is 406. The minimum absolute atomic E-state index is 0.815. The van der Waals surface area contributed by atoms with Crippen molar-refractivity contribution < 1.29 is 0 Å². The highest BCUT2D eigenvalue weighted by atomic mass is 15.2. The molecule has 1 aromatic heterocycles. The second kappa shape index (κ2) is 6.38. The summed E-state index contributed by atoms with van der Waals surface area (Å²) in [5.41, 5.74) is 2.45. The van der Waals surface area contributed by atoms with E-state index in [0.29, 0.717) is 0 Å². The fourth-order valence-electron chi connectivity index (χ4n) is 2.93. The second-order valence-electron chi connectivity index (χ2n) is 6.01. The second-order valence-corrected chi connectivity index (χ2v) is 6.01. The van der Waals surface area contributed by atoms with Gasteiger partial charge in [-0.15, -0.1) is 0 Å². The van der Waals surface area contributed by atoms with E-state index in [4.69, 9.17) is 4.98 Å². The molecule has 0 aromatic carbocycles. The first-order valence-corrected chi connectivity index (χ1v) is 7.48. The zero-order chi connectivity index (χ0) is 13.8. The molecule has 0 saturated carbocycles. The summed E-state index contributed by atoms with van der Waals surface area (Å²) in [6.07, 6.45) is 2.60. The number of anilines is 1. The molecule has 1 saturated heterocycles. The molecule has 1 fully saturated rings. The van der Waals surface area contributed by atoms with Crippen LogP contribution in [0.1, 0.15) is 37.9 Å². The van der Waals surface area contributed by atoms with Crippen molar-refractivity contribution in [1.29, 1.82) is 0 Å². The van der Waals surface area contributed by atoms with E-state index in [0.717, 1.165) is 43.0 Å². The molecule has 0 amide bonds. The fraction of sp³-hybridized carbons (Fsp3) is 0.688. The van der Waals surface area contributed by atoms with E-state index in [2.05, 4.69) is 43.1 Å². The summed E-state index contributed by atoms with van der Waals surface area (Å²) in [4.78, 5) is 7.21. The summed E-state index contributed by atoms with van der Waals surface area (Å²) in [6, 6.07) is 4.39. The minimum atomic E-state index is 0.815. The van der Waals surface area contributed by atoms with Crippen LogP contribution in [0.2, 0.25) is 0 Å². The number of pyridine rings is 1. The van der Waals surface area contributed by atoms with E-state index in [9.17, 15) is 0 Å². The maximum atomic E-state index is 4.77. The van der Waals surface area contributed by atoms with Gasteiger partial charge in [0.1, 0.15) is 5.82 Å². The summed E-state index contributed by atoms with van der Waals surface area (Å²) >= 11 is 0. The van der Waals surface area contributed by atoms with Crippen LogP contribution in [0.3, 0.4) is 0 Å². The summed E-state index contributed by atoms with van der Waals surface area (Å²) in [5.74, 6) is 2.86. The molecule has 0 atom stereocenters. The highest BCUT2D eigenvalue weighted by molar-refractivity contribution is 5.42. The van der Waals surface area contributed by atoms with Crippen LogP contribution in [-0.2, 0) is 6.54 Å². The van der Waals surface area contributed by atoms with Gasteiger partial charge in [-0.25, -0.2) is 4.98 Å². The van der Waals surface area contributed by atoms with Gasteiger partial charge in [0, 0.05) is 25.3 Å². The maximum Gasteiger partial charge on any atom is 0.128 e. The Labute approximate surface area is 117 Å². The van der Waals surface area contributed by atoms with Gasteiger partial charge in [-0.3, -0.25) is 0 Å². The molecule has 0 spiro atoms. The lowest BCUT2D eigenvalue weighted by atomic mass is 9.87. The molecule has 1 aliphatic rings. The third-order valence-electron chi connectivity index (χ3n) is 4.35. The predicted octanol–water partition coefficient (Wildman–Crippen LogP) is 2.98. The molecule has 0 bridgehead atoms. The lowest BCUT2D eigenvalue weighted by Gasteiger charge is -2.34. The molecule has 3 heteroatoms. The molecule has 1 aliphatic heterocycles. The van der Waals surface area contributed by atoms with Gasteiger partial charge in [0.05, 0.1) is 0 Å². The highest BCUT2D eigenvalue weighted by Gasteiger charge is 2.22. The Kier molecular flexibility index (Phi) is 4.81. The van der Waals surface area contributed by atoms with Gasteiger partial charge in [0.2, 0.25) is 0 Å². The number of hydrogen-bond acceptors (Lipinski definition) is 3. The van der Waals surface area contributed by atoms with Crippen LogP contribution in [0.4, 0.5) is 5.82 Å². The third kappa shape index (κ3) is 3.47.